The number of hydrogen-bond donors (Lipinski definition) is 1. The molecular weight excluding hydrogens is 260 g/mol. The lowest BCUT2D eigenvalue weighted by Gasteiger charge is -2.17. The highest BCUT2D eigenvalue weighted by Gasteiger charge is 2.23. The number of aromatic nitrogens is 1. The van der Waals surface area contributed by atoms with E-state index in [0.717, 1.165) is 10.8 Å². The van der Waals surface area contributed by atoms with Gasteiger partial charge in [-0.3, -0.25) is 14.5 Å². The first kappa shape index (κ1) is 13.7. The Balaban J connectivity index is 2.35. The van der Waals surface area contributed by atoms with E-state index in [0.29, 0.717) is 5.69 Å². The molecule has 1 heterocycles. The molecule has 0 spiro atoms. The summed E-state index contributed by atoms with van der Waals surface area (Å²) in [6.07, 6.45) is 1.58. The Morgan fingerprint density at radius 1 is 1.21 bits per heavy atom. The molecule has 0 fully saturated rings. The number of fused-ring (bicyclic) bond motifs is 1. The van der Waals surface area contributed by atoms with E-state index in [1.54, 1.807) is 27.0 Å². The Bertz CT molecular complexity index is 642. The van der Waals surface area contributed by atoms with E-state index in [1.165, 1.54) is 0 Å². The number of benzene rings is 1. The van der Waals surface area contributed by atoms with Crippen LogP contribution in [0.25, 0.3) is 10.8 Å². The Labute approximate surface area is 114 Å². The first-order chi connectivity index (χ1) is 8.89. The van der Waals surface area contributed by atoms with Gasteiger partial charge in [-0.2, -0.15) is 0 Å². The average molecular weight is 276 g/mol. The van der Waals surface area contributed by atoms with Crippen LogP contribution in [-0.2, 0) is 11.0 Å². The molecular formula is C14H16N2O2S. The lowest BCUT2D eigenvalue weighted by Crippen LogP contribution is -2.37. The highest BCUT2D eigenvalue weighted by molar-refractivity contribution is 7.85. The van der Waals surface area contributed by atoms with Crippen LogP contribution in [0, 0.1) is 0 Å². The van der Waals surface area contributed by atoms with E-state index < -0.39 is 21.6 Å². The number of pyridine rings is 1. The van der Waals surface area contributed by atoms with Crippen molar-refractivity contribution in [2.24, 2.45) is 0 Å². The van der Waals surface area contributed by atoms with Crippen molar-refractivity contribution in [3.63, 3.8) is 0 Å². The zero-order valence-corrected chi connectivity index (χ0v) is 12.0. The Kier molecular flexibility index (Phi) is 3.66. The third-order valence-corrected chi connectivity index (χ3v) is 4.11. The fourth-order valence-corrected chi connectivity index (χ4v) is 2.16. The van der Waals surface area contributed by atoms with Crippen molar-refractivity contribution in [2.75, 3.05) is 0 Å². The van der Waals surface area contributed by atoms with Crippen LogP contribution in [0.4, 0.5) is 0 Å². The molecule has 19 heavy (non-hydrogen) atoms. The maximum atomic E-state index is 12.1. The lowest BCUT2D eigenvalue weighted by molar-refractivity contribution is 0.0979. The van der Waals surface area contributed by atoms with Crippen LogP contribution in [0.2, 0.25) is 0 Å². The number of amides is 1. The van der Waals surface area contributed by atoms with Crippen molar-refractivity contribution in [2.45, 2.75) is 25.5 Å². The van der Waals surface area contributed by atoms with Gasteiger partial charge >= 0.3 is 0 Å². The summed E-state index contributed by atoms with van der Waals surface area (Å²) in [5, 5.41) is 1.69. The molecule has 4 nitrogen and oxygen atoms in total. The first-order valence-corrected chi connectivity index (χ1v) is 7.11. The minimum atomic E-state index is -1.45. The second-order valence-corrected chi connectivity index (χ2v) is 7.16. The van der Waals surface area contributed by atoms with Crippen LogP contribution in [0.5, 0.6) is 0 Å². The quantitative estimate of drug-likeness (QED) is 0.916. The van der Waals surface area contributed by atoms with Crippen molar-refractivity contribution >= 4 is 27.7 Å². The number of nitrogens with zero attached hydrogens (tertiary/aromatic N) is 1. The molecule has 0 saturated heterocycles. The number of carbonyl (C=O) groups excluding carboxylic acids is 1. The maximum absolute atomic E-state index is 12.1. The van der Waals surface area contributed by atoms with Gasteiger partial charge in [0.05, 0.1) is 4.75 Å². The third kappa shape index (κ3) is 2.98. The Hall–Kier alpha value is -1.75. The van der Waals surface area contributed by atoms with Crippen LogP contribution >= 0.6 is 0 Å². The maximum Gasteiger partial charge on any atom is 0.282 e. The Morgan fingerprint density at radius 3 is 2.58 bits per heavy atom. The summed E-state index contributed by atoms with van der Waals surface area (Å²) in [6, 6.07) is 9.33. The van der Waals surface area contributed by atoms with Gasteiger partial charge in [0.15, 0.2) is 0 Å². The largest absolute Gasteiger partial charge is 0.282 e. The zero-order chi connectivity index (χ0) is 14.0. The lowest BCUT2D eigenvalue weighted by atomic mass is 10.1. The summed E-state index contributed by atoms with van der Waals surface area (Å²) in [5.41, 5.74) is 0.302. The van der Waals surface area contributed by atoms with Gasteiger partial charge in [0.1, 0.15) is 16.7 Å². The molecule has 0 aliphatic heterocycles. The molecule has 2 aromatic rings. The predicted molar refractivity (Wildman–Crippen MR) is 77.1 cm³/mol. The van der Waals surface area contributed by atoms with E-state index in [2.05, 4.69) is 9.71 Å². The van der Waals surface area contributed by atoms with Crippen molar-refractivity contribution < 1.29 is 9.00 Å². The van der Waals surface area contributed by atoms with Crippen molar-refractivity contribution in [1.82, 2.24) is 9.71 Å². The minimum Gasteiger partial charge on any atom is -0.269 e. The summed E-state index contributed by atoms with van der Waals surface area (Å²) in [6.45, 7) is 5.42. The highest BCUT2D eigenvalue weighted by Crippen LogP contribution is 2.17. The van der Waals surface area contributed by atoms with Gasteiger partial charge in [-0.15, -0.1) is 0 Å². The van der Waals surface area contributed by atoms with Crippen LogP contribution in [0.1, 0.15) is 31.3 Å². The van der Waals surface area contributed by atoms with Crippen LogP contribution in [0.3, 0.4) is 0 Å². The van der Waals surface area contributed by atoms with E-state index >= 15 is 0 Å². The normalized spacial score (nSPS) is 13.2. The molecule has 0 bridgehead atoms. The minimum absolute atomic E-state index is 0.302. The zero-order valence-electron chi connectivity index (χ0n) is 11.1. The molecule has 0 saturated carbocycles. The molecule has 1 atom stereocenters. The number of rotatable bonds is 2. The van der Waals surface area contributed by atoms with E-state index in [-0.39, 0.29) is 0 Å². The van der Waals surface area contributed by atoms with Gasteiger partial charge in [-0.1, -0.05) is 24.3 Å². The van der Waals surface area contributed by atoms with Gasteiger partial charge in [0.25, 0.3) is 5.91 Å². The second kappa shape index (κ2) is 5.09. The third-order valence-electron chi connectivity index (χ3n) is 2.63. The van der Waals surface area contributed by atoms with Crippen LogP contribution in [0.15, 0.2) is 36.5 Å². The van der Waals surface area contributed by atoms with E-state index in [1.807, 2.05) is 30.3 Å². The van der Waals surface area contributed by atoms with Crippen molar-refractivity contribution in [3.8, 4) is 0 Å². The molecule has 0 unspecified atom stereocenters. The fourth-order valence-electron chi connectivity index (χ4n) is 1.59. The molecule has 1 N–H and O–H groups in total. The summed E-state index contributed by atoms with van der Waals surface area (Å²) < 4.78 is 13.9. The van der Waals surface area contributed by atoms with Gasteiger partial charge in [-0.25, -0.2) is 4.21 Å². The SMILES string of the molecule is CC(C)(C)[S@@](=O)NC(=O)c1nccc2ccccc12. The average Bonchev–Trinajstić information content (AvgIpc) is 2.36. The smallest absolute Gasteiger partial charge is 0.269 e. The van der Waals surface area contributed by atoms with Crippen molar-refractivity contribution in [1.29, 1.82) is 0 Å². The van der Waals surface area contributed by atoms with E-state index in [9.17, 15) is 9.00 Å². The van der Waals surface area contributed by atoms with Crippen LogP contribution < -0.4 is 4.72 Å². The molecule has 1 aromatic carbocycles. The summed E-state index contributed by atoms with van der Waals surface area (Å²) >= 11 is 0. The highest BCUT2D eigenvalue weighted by atomic mass is 32.2. The van der Waals surface area contributed by atoms with E-state index in [4.69, 9.17) is 0 Å². The molecule has 0 radical (unpaired) electrons. The summed E-state index contributed by atoms with van der Waals surface area (Å²) in [7, 11) is -1.45. The van der Waals surface area contributed by atoms with Gasteiger partial charge < -0.3 is 0 Å². The molecule has 5 heteroatoms. The Morgan fingerprint density at radius 2 is 1.89 bits per heavy atom. The fraction of sp³-hybridized carbons (Fsp3) is 0.286. The molecule has 0 aliphatic carbocycles. The number of nitrogens with one attached hydrogen (secondary N) is 1. The molecule has 1 aromatic heterocycles. The topological polar surface area (TPSA) is 59.1 Å². The number of hydrogen-bond acceptors (Lipinski definition) is 3. The van der Waals surface area contributed by atoms with Gasteiger partial charge in [0, 0.05) is 11.6 Å². The molecule has 0 aliphatic rings. The second-order valence-electron chi connectivity index (χ2n) is 5.19. The molecule has 1 amide bonds. The molecule has 2 rings (SSSR count). The standard InChI is InChI=1S/C14H16N2O2S/c1-14(2,3)19(18)16-13(17)12-11-7-5-4-6-10(11)8-9-15-12/h4-9H,1-3H3,(H,16,17)/t19-/m1/s1. The monoisotopic (exact) mass is 276 g/mol. The van der Waals surface area contributed by atoms with Crippen LogP contribution in [-0.4, -0.2) is 19.8 Å². The number of carbonyl (C=O) groups is 1. The van der Waals surface area contributed by atoms with Crippen molar-refractivity contribution in [3.05, 3.63) is 42.2 Å². The summed E-state index contributed by atoms with van der Waals surface area (Å²) in [5.74, 6) is -0.412. The van der Waals surface area contributed by atoms with Gasteiger partial charge in [-0.05, 0) is 32.2 Å². The molecule has 100 valence electrons. The van der Waals surface area contributed by atoms with Gasteiger partial charge in [0.2, 0.25) is 0 Å². The summed E-state index contributed by atoms with van der Waals surface area (Å²) in [4.78, 5) is 16.2. The first-order valence-electron chi connectivity index (χ1n) is 5.96. The predicted octanol–water partition coefficient (Wildman–Crippen LogP) is 2.43.